The SMILES string of the molecule is CCN1C(=O)C(C)Oc2ccc(NC(=O)C(C)N3C(=O)c4ccccc4C3=O)cc21. The molecule has 8 nitrogen and oxygen atoms in total. The fourth-order valence-electron chi connectivity index (χ4n) is 3.73. The van der Waals surface area contributed by atoms with E-state index in [1.807, 2.05) is 6.92 Å². The van der Waals surface area contributed by atoms with Crippen molar-refractivity contribution in [3.05, 3.63) is 53.6 Å². The summed E-state index contributed by atoms with van der Waals surface area (Å²) < 4.78 is 5.63. The van der Waals surface area contributed by atoms with Gasteiger partial charge in [0.25, 0.3) is 17.7 Å². The molecule has 1 N–H and O–H groups in total. The first-order valence-electron chi connectivity index (χ1n) is 9.73. The first-order valence-corrected chi connectivity index (χ1v) is 9.73. The van der Waals surface area contributed by atoms with Crippen molar-refractivity contribution in [3.8, 4) is 5.75 Å². The lowest BCUT2D eigenvalue weighted by molar-refractivity contribution is -0.125. The van der Waals surface area contributed by atoms with E-state index in [-0.39, 0.29) is 5.91 Å². The summed E-state index contributed by atoms with van der Waals surface area (Å²) in [6.45, 7) is 5.51. The third kappa shape index (κ3) is 3.01. The van der Waals surface area contributed by atoms with E-state index in [9.17, 15) is 19.2 Å². The molecule has 30 heavy (non-hydrogen) atoms. The summed E-state index contributed by atoms with van der Waals surface area (Å²) in [4.78, 5) is 52.9. The highest BCUT2D eigenvalue weighted by atomic mass is 16.5. The Balaban J connectivity index is 1.55. The number of carbonyl (C=O) groups excluding carboxylic acids is 4. The molecule has 154 valence electrons. The lowest BCUT2D eigenvalue weighted by atomic mass is 10.1. The van der Waals surface area contributed by atoms with Gasteiger partial charge >= 0.3 is 0 Å². The number of nitrogens with one attached hydrogen (secondary N) is 1. The molecule has 2 atom stereocenters. The third-order valence-electron chi connectivity index (χ3n) is 5.34. The van der Waals surface area contributed by atoms with Crippen LogP contribution in [0.2, 0.25) is 0 Å². The van der Waals surface area contributed by atoms with Gasteiger partial charge in [0.1, 0.15) is 11.8 Å². The Kier molecular flexibility index (Phi) is 4.77. The molecular formula is C22H21N3O5. The second-order valence-electron chi connectivity index (χ2n) is 7.22. The molecule has 4 amide bonds. The van der Waals surface area contributed by atoms with Crippen LogP contribution in [0, 0.1) is 0 Å². The fraction of sp³-hybridized carbons (Fsp3) is 0.273. The molecular weight excluding hydrogens is 386 g/mol. The second-order valence-corrected chi connectivity index (χ2v) is 7.22. The van der Waals surface area contributed by atoms with Crippen LogP contribution in [-0.2, 0) is 9.59 Å². The third-order valence-corrected chi connectivity index (χ3v) is 5.34. The van der Waals surface area contributed by atoms with Crippen LogP contribution in [0.25, 0.3) is 0 Å². The van der Waals surface area contributed by atoms with E-state index in [2.05, 4.69) is 5.32 Å². The molecule has 0 bridgehead atoms. The van der Waals surface area contributed by atoms with Crippen LogP contribution in [0.15, 0.2) is 42.5 Å². The Hall–Kier alpha value is -3.68. The molecule has 2 aliphatic rings. The maximum Gasteiger partial charge on any atom is 0.267 e. The van der Waals surface area contributed by atoms with Gasteiger partial charge < -0.3 is 15.0 Å². The van der Waals surface area contributed by atoms with Crippen molar-refractivity contribution in [1.29, 1.82) is 0 Å². The number of carbonyl (C=O) groups is 4. The summed E-state index contributed by atoms with van der Waals surface area (Å²) in [7, 11) is 0. The number of hydrogen-bond acceptors (Lipinski definition) is 5. The van der Waals surface area contributed by atoms with Gasteiger partial charge in [0, 0.05) is 12.2 Å². The quantitative estimate of drug-likeness (QED) is 0.786. The summed E-state index contributed by atoms with van der Waals surface area (Å²) in [5.41, 5.74) is 1.58. The summed E-state index contributed by atoms with van der Waals surface area (Å²) in [6.07, 6.45) is -0.577. The number of rotatable bonds is 4. The number of amides is 4. The number of anilines is 2. The molecule has 0 spiro atoms. The van der Waals surface area contributed by atoms with E-state index >= 15 is 0 Å². The summed E-state index contributed by atoms with van der Waals surface area (Å²) in [5, 5.41) is 2.73. The van der Waals surface area contributed by atoms with Gasteiger partial charge in [-0.15, -0.1) is 0 Å². The van der Waals surface area contributed by atoms with Crippen molar-refractivity contribution in [3.63, 3.8) is 0 Å². The number of hydrogen-bond donors (Lipinski definition) is 1. The van der Waals surface area contributed by atoms with Crippen LogP contribution in [0.5, 0.6) is 5.75 Å². The van der Waals surface area contributed by atoms with Gasteiger partial charge in [0.15, 0.2) is 6.10 Å². The Morgan fingerprint density at radius 3 is 2.33 bits per heavy atom. The van der Waals surface area contributed by atoms with Gasteiger partial charge in [-0.1, -0.05) is 12.1 Å². The Morgan fingerprint density at radius 1 is 1.10 bits per heavy atom. The lowest BCUT2D eigenvalue weighted by Gasteiger charge is -2.32. The van der Waals surface area contributed by atoms with Gasteiger partial charge in [-0.3, -0.25) is 24.1 Å². The molecule has 2 unspecified atom stereocenters. The Labute approximate surface area is 173 Å². The molecule has 2 heterocycles. The molecule has 2 aliphatic heterocycles. The van der Waals surface area contributed by atoms with E-state index in [1.54, 1.807) is 54.3 Å². The van der Waals surface area contributed by atoms with Gasteiger partial charge in [-0.2, -0.15) is 0 Å². The zero-order chi connectivity index (χ0) is 21.6. The van der Waals surface area contributed by atoms with Crippen molar-refractivity contribution in [2.24, 2.45) is 0 Å². The smallest absolute Gasteiger partial charge is 0.267 e. The molecule has 0 saturated carbocycles. The largest absolute Gasteiger partial charge is 0.479 e. The van der Waals surface area contributed by atoms with E-state index in [4.69, 9.17) is 4.74 Å². The van der Waals surface area contributed by atoms with Crippen LogP contribution in [0.4, 0.5) is 11.4 Å². The van der Waals surface area contributed by atoms with Gasteiger partial charge in [0.05, 0.1) is 16.8 Å². The second kappa shape index (κ2) is 7.29. The number of likely N-dealkylation sites (N-methyl/N-ethyl adjacent to an activating group) is 1. The van der Waals surface area contributed by atoms with E-state index < -0.39 is 29.9 Å². The van der Waals surface area contributed by atoms with Crippen LogP contribution in [0.1, 0.15) is 41.5 Å². The monoisotopic (exact) mass is 407 g/mol. The number of ether oxygens (including phenoxy) is 1. The highest BCUT2D eigenvalue weighted by molar-refractivity contribution is 6.23. The van der Waals surface area contributed by atoms with Gasteiger partial charge in [0.2, 0.25) is 5.91 Å². The van der Waals surface area contributed by atoms with Crippen molar-refractivity contribution < 1.29 is 23.9 Å². The predicted octanol–water partition coefficient (Wildman–Crippen LogP) is 2.44. The van der Waals surface area contributed by atoms with Crippen molar-refractivity contribution in [2.45, 2.75) is 32.9 Å². The molecule has 0 saturated heterocycles. The summed E-state index contributed by atoms with van der Waals surface area (Å²) >= 11 is 0. The molecule has 4 rings (SSSR count). The normalized spacial score (nSPS) is 18.6. The first-order chi connectivity index (χ1) is 14.3. The Bertz CT molecular complexity index is 1050. The first kappa shape index (κ1) is 19.6. The van der Waals surface area contributed by atoms with Crippen molar-refractivity contribution in [1.82, 2.24) is 4.90 Å². The van der Waals surface area contributed by atoms with E-state index in [0.29, 0.717) is 34.8 Å². The molecule has 8 heteroatoms. The number of nitrogens with zero attached hydrogens (tertiary/aromatic N) is 2. The number of fused-ring (bicyclic) bond motifs is 2. The molecule has 2 aromatic carbocycles. The minimum Gasteiger partial charge on any atom is -0.479 e. The fourth-order valence-corrected chi connectivity index (χ4v) is 3.73. The summed E-state index contributed by atoms with van der Waals surface area (Å²) in [6, 6.07) is 10.5. The molecule has 0 radical (unpaired) electrons. The maximum atomic E-state index is 12.8. The summed E-state index contributed by atoms with van der Waals surface area (Å²) in [5.74, 6) is -1.10. The van der Waals surface area contributed by atoms with E-state index in [1.165, 1.54) is 6.92 Å². The highest BCUT2D eigenvalue weighted by Crippen LogP contribution is 2.36. The molecule has 0 fully saturated rings. The number of imide groups is 1. The minimum absolute atomic E-state index is 0.159. The van der Waals surface area contributed by atoms with Crippen LogP contribution < -0.4 is 15.0 Å². The zero-order valence-corrected chi connectivity index (χ0v) is 16.8. The standard InChI is InChI=1S/C22H21N3O5/c1-4-24-17-11-14(9-10-18(17)30-13(3)20(24)27)23-19(26)12(2)25-21(28)15-7-5-6-8-16(15)22(25)29/h5-13H,4H2,1-3H3,(H,23,26). The molecule has 0 aromatic heterocycles. The van der Waals surface area contributed by atoms with Gasteiger partial charge in [-0.05, 0) is 51.1 Å². The zero-order valence-electron chi connectivity index (χ0n) is 16.8. The van der Waals surface area contributed by atoms with Crippen molar-refractivity contribution in [2.75, 3.05) is 16.8 Å². The predicted molar refractivity (Wildman–Crippen MR) is 110 cm³/mol. The minimum atomic E-state index is -1.01. The highest BCUT2D eigenvalue weighted by Gasteiger charge is 2.40. The van der Waals surface area contributed by atoms with Gasteiger partial charge in [-0.25, -0.2) is 0 Å². The topological polar surface area (TPSA) is 96.0 Å². The average molecular weight is 407 g/mol. The Morgan fingerprint density at radius 2 is 1.73 bits per heavy atom. The number of benzene rings is 2. The molecule has 0 aliphatic carbocycles. The van der Waals surface area contributed by atoms with Crippen LogP contribution in [-0.4, -0.2) is 47.2 Å². The maximum absolute atomic E-state index is 12.8. The van der Waals surface area contributed by atoms with Crippen molar-refractivity contribution >= 4 is 35.0 Å². The van der Waals surface area contributed by atoms with E-state index in [0.717, 1.165) is 4.90 Å². The average Bonchev–Trinajstić information content (AvgIpc) is 2.99. The van der Waals surface area contributed by atoms with Crippen LogP contribution in [0.3, 0.4) is 0 Å². The van der Waals surface area contributed by atoms with Crippen LogP contribution >= 0.6 is 0 Å². The lowest BCUT2D eigenvalue weighted by Crippen LogP contribution is -2.45. The molecule has 2 aromatic rings.